The van der Waals surface area contributed by atoms with Gasteiger partial charge in [0.15, 0.2) is 0 Å². The Morgan fingerprint density at radius 2 is 1.61 bits per heavy atom. The Balaban J connectivity index is 1.77. The van der Waals surface area contributed by atoms with E-state index in [1.165, 1.54) is 4.31 Å². The summed E-state index contributed by atoms with van der Waals surface area (Å²) < 4.78 is 26.3. The Labute approximate surface area is 184 Å². The van der Waals surface area contributed by atoms with E-state index in [-0.39, 0.29) is 0 Å². The zero-order valence-electron chi connectivity index (χ0n) is 18.2. The summed E-state index contributed by atoms with van der Waals surface area (Å²) in [5.74, 6) is -0.395. The molecule has 0 bridgehead atoms. The second-order valence-electron chi connectivity index (χ2n) is 7.74. The maximum Gasteiger partial charge on any atom is 0.247 e. The maximum absolute atomic E-state index is 12.9. The molecule has 0 saturated heterocycles. The van der Waals surface area contributed by atoms with E-state index < -0.39 is 22.0 Å². The molecule has 0 fully saturated rings. The number of anilines is 2. The van der Waals surface area contributed by atoms with Crippen molar-refractivity contribution in [2.75, 3.05) is 15.9 Å². The number of nitrogens with one attached hydrogen (secondary N) is 1. The van der Waals surface area contributed by atoms with Crippen LogP contribution in [0.5, 0.6) is 0 Å². The number of benzene rings is 2. The van der Waals surface area contributed by atoms with Crippen molar-refractivity contribution < 1.29 is 13.2 Å². The van der Waals surface area contributed by atoms with Gasteiger partial charge < -0.3 is 5.32 Å². The molecule has 162 valence electrons. The van der Waals surface area contributed by atoms with Crippen molar-refractivity contribution in [3.05, 3.63) is 89.2 Å². The lowest BCUT2D eigenvalue weighted by Crippen LogP contribution is -2.45. The summed E-state index contributed by atoms with van der Waals surface area (Å²) in [5, 5.41) is 2.83. The first-order valence-corrected chi connectivity index (χ1v) is 11.9. The molecule has 0 aliphatic rings. The largest absolute Gasteiger partial charge is 0.324 e. The molecule has 1 atom stereocenters. The molecule has 2 aromatic carbocycles. The Morgan fingerprint density at radius 1 is 1.00 bits per heavy atom. The van der Waals surface area contributed by atoms with Gasteiger partial charge in [-0.15, -0.1) is 0 Å². The van der Waals surface area contributed by atoms with Crippen LogP contribution in [0.2, 0.25) is 0 Å². The van der Waals surface area contributed by atoms with Crippen LogP contribution in [0.15, 0.2) is 67.0 Å². The number of amides is 1. The number of carbonyl (C=O) groups excluding carboxylic acids is 1. The minimum atomic E-state index is -3.67. The molecular weight excluding hydrogens is 410 g/mol. The van der Waals surface area contributed by atoms with E-state index in [1.807, 2.05) is 62.4 Å². The third-order valence-corrected chi connectivity index (χ3v) is 6.30. The number of aromatic nitrogens is 1. The molecule has 0 spiro atoms. The molecule has 0 aliphatic heterocycles. The monoisotopic (exact) mass is 437 g/mol. The first kappa shape index (κ1) is 22.5. The number of rotatable bonds is 7. The van der Waals surface area contributed by atoms with E-state index >= 15 is 0 Å². The van der Waals surface area contributed by atoms with Gasteiger partial charge in [0.2, 0.25) is 15.9 Å². The Hall–Kier alpha value is -3.19. The molecule has 0 radical (unpaired) electrons. The molecule has 1 N–H and O–H groups in total. The highest BCUT2D eigenvalue weighted by molar-refractivity contribution is 7.92. The zero-order chi connectivity index (χ0) is 22.6. The molecule has 0 saturated carbocycles. The minimum absolute atomic E-state index is 0.395. The predicted octanol–water partition coefficient (Wildman–Crippen LogP) is 4.08. The Bertz CT molecular complexity index is 1160. The molecule has 1 unspecified atom stereocenters. The van der Waals surface area contributed by atoms with Gasteiger partial charge in [-0.1, -0.05) is 24.3 Å². The van der Waals surface area contributed by atoms with Gasteiger partial charge in [0, 0.05) is 18.1 Å². The van der Waals surface area contributed by atoms with Gasteiger partial charge in [-0.2, -0.15) is 0 Å². The molecule has 0 aliphatic carbocycles. The van der Waals surface area contributed by atoms with Gasteiger partial charge in [0.1, 0.15) is 6.04 Å². The van der Waals surface area contributed by atoms with Crippen LogP contribution in [0.3, 0.4) is 0 Å². The summed E-state index contributed by atoms with van der Waals surface area (Å²) in [6.07, 6.45) is 5.40. The lowest BCUT2D eigenvalue weighted by atomic mass is 10.1. The lowest BCUT2D eigenvalue weighted by Gasteiger charge is -2.29. The quantitative estimate of drug-likeness (QED) is 0.604. The van der Waals surface area contributed by atoms with Crippen LogP contribution in [0.1, 0.15) is 29.2 Å². The summed E-state index contributed by atoms with van der Waals surface area (Å²) in [5.41, 5.74) is 5.09. The molecular formula is C24H27N3O3S. The predicted molar refractivity (Wildman–Crippen MR) is 125 cm³/mol. The number of pyridine rings is 1. The van der Waals surface area contributed by atoms with Crippen LogP contribution >= 0.6 is 0 Å². The number of hydrogen-bond acceptors (Lipinski definition) is 4. The average molecular weight is 438 g/mol. The second-order valence-corrected chi connectivity index (χ2v) is 9.60. The van der Waals surface area contributed by atoms with E-state index in [0.717, 1.165) is 34.9 Å². The third kappa shape index (κ3) is 5.70. The number of carbonyl (C=O) groups is 1. The Kier molecular flexibility index (Phi) is 6.75. The van der Waals surface area contributed by atoms with Gasteiger partial charge in [0.25, 0.3) is 0 Å². The summed E-state index contributed by atoms with van der Waals surface area (Å²) in [6, 6.07) is 16.1. The highest BCUT2D eigenvalue weighted by atomic mass is 32.2. The van der Waals surface area contributed by atoms with Crippen molar-refractivity contribution in [1.82, 2.24) is 4.98 Å². The number of aryl methyl sites for hydroxylation is 2. The van der Waals surface area contributed by atoms with Crippen LogP contribution in [-0.4, -0.2) is 31.6 Å². The van der Waals surface area contributed by atoms with Crippen LogP contribution in [0, 0.1) is 13.8 Å². The molecule has 1 amide bonds. The third-order valence-electron chi connectivity index (χ3n) is 5.07. The average Bonchev–Trinajstić information content (AvgIpc) is 2.72. The standard InChI is InChI=1S/C24H27N3O3S/c1-17-5-6-18(2)23(15-17)27(31(4,29)30)19(3)24(28)26-22-9-7-20(8-10-22)16-21-11-13-25-14-12-21/h5-15,19H,16H2,1-4H3,(H,26,28). The van der Waals surface area contributed by atoms with E-state index in [4.69, 9.17) is 0 Å². The Morgan fingerprint density at radius 3 is 2.23 bits per heavy atom. The van der Waals surface area contributed by atoms with Crippen molar-refractivity contribution in [3.8, 4) is 0 Å². The van der Waals surface area contributed by atoms with E-state index in [1.54, 1.807) is 25.4 Å². The topological polar surface area (TPSA) is 79.4 Å². The fourth-order valence-corrected chi connectivity index (χ4v) is 4.65. The van der Waals surface area contributed by atoms with Gasteiger partial charge in [0.05, 0.1) is 11.9 Å². The number of nitrogens with zero attached hydrogens (tertiary/aromatic N) is 2. The molecule has 3 aromatic rings. The van der Waals surface area contributed by atoms with Gasteiger partial charge in [-0.05, 0) is 79.8 Å². The van der Waals surface area contributed by atoms with Crippen LogP contribution < -0.4 is 9.62 Å². The lowest BCUT2D eigenvalue weighted by molar-refractivity contribution is -0.116. The van der Waals surface area contributed by atoms with Crippen LogP contribution in [-0.2, 0) is 21.2 Å². The van der Waals surface area contributed by atoms with Gasteiger partial charge in [-0.25, -0.2) is 8.42 Å². The van der Waals surface area contributed by atoms with Gasteiger partial charge in [-0.3, -0.25) is 14.1 Å². The van der Waals surface area contributed by atoms with Crippen LogP contribution in [0.4, 0.5) is 11.4 Å². The number of hydrogen-bond donors (Lipinski definition) is 1. The fraction of sp³-hybridized carbons (Fsp3) is 0.250. The fourth-order valence-electron chi connectivity index (χ4n) is 3.43. The summed E-state index contributed by atoms with van der Waals surface area (Å²) in [6.45, 7) is 5.32. The second kappa shape index (κ2) is 9.31. The molecule has 3 rings (SSSR count). The molecule has 1 heterocycles. The van der Waals surface area contributed by atoms with Gasteiger partial charge >= 0.3 is 0 Å². The summed E-state index contributed by atoms with van der Waals surface area (Å²) in [7, 11) is -3.67. The van der Waals surface area contributed by atoms with Crippen molar-refractivity contribution in [2.45, 2.75) is 33.2 Å². The molecule has 31 heavy (non-hydrogen) atoms. The van der Waals surface area contributed by atoms with Crippen LogP contribution in [0.25, 0.3) is 0 Å². The van der Waals surface area contributed by atoms with Crippen molar-refractivity contribution >= 4 is 27.3 Å². The first-order valence-electron chi connectivity index (χ1n) is 10.0. The summed E-state index contributed by atoms with van der Waals surface area (Å²) in [4.78, 5) is 16.9. The zero-order valence-corrected chi connectivity index (χ0v) is 19.0. The van der Waals surface area contributed by atoms with Crippen molar-refractivity contribution in [3.63, 3.8) is 0 Å². The number of sulfonamides is 1. The highest BCUT2D eigenvalue weighted by Gasteiger charge is 2.30. The van der Waals surface area contributed by atoms with Crippen molar-refractivity contribution in [1.29, 1.82) is 0 Å². The molecule has 1 aromatic heterocycles. The van der Waals surface area contributed by atoms with Crippen molar-refractivity contribution in [2.24, 2.45) is 0 Å². The normalized spacial score (nSPS) is 12.3. The molecule has 6 nitrogen and oxygen atoms in total. The molecule has 7 heteroatoms. The summed E-state index contributed by atoms with van der Waals surface area (Å²) >= 11 is 0. The van der Waals surface area contributed by atoms with E-state index in [9.17, 15) is 13.2 Å². The first-order chi connectivity index (χ1) is 14.6. The minimum Gasteiger partial charge on any atom is -0.324 e. The maximum atomic E-state index is 12.9. The smallest absolute Gasteiger partial charge is 0.247 e. The highest BCUT2D eigenvalue weighted by Crippen LogP contribution is 2.27. The van der Waals surface area contributed by atoms with E-state index in [2.05, 4.69) is 10.3 Å². The van der Waals surface area contributed by atoms with E-state index in [0.29, 0.717) is 11.4 Å². The SMILES string of the molecule is Cc1ccc(C)c(N(C(C)C(=O)Nc2ccc(Cc3ccncc3)cc2)S(C)(=O)=O)c1.